The van der Waals surface area contributed by atoms with E-state index in [1.807, 2.05) is 0 Å². The van der Waals surface area contributed by atoms with Crippen molar-refractivity contribution in [1.82, 2.24) is 4.98 Å². The van der Waals surface area contributed by atoms with Crippen molar-refractivity contribution in [3.63, 3.8) is 0 Å². The van der Waals surface area contributed by atoms with Gasteiger partial charge in [-0.05, 0) is 25.3 Å². The Morgan fingerprint density at radius 1 is 1.56 bits per heavy atom. The molecule has 2 rings (SSSR count). The lowest BCUT2D eigenvalue weighted by molar-refractivity contribution is 0.100. The highest BCUT2D eigenvalue weighted by molar-refractivity contribution is 5.98. The summed E-state index contributed by atoms with van der Waals surface area (Å²) in [5, 5.41) is 3.27. The molecule has 1 amide bonds. The maximum Gasteiger partial charge on any atom is 0.250 e. The number of hydrogen-bond donors (Lipinski definition) is 3. The summed E-state index contributed by atoms with van der Waals surface area (Å²) in [6, 6.07) is 1.91. The Bertz CT molecular complexity index is 450. The lowest BCUT2D eigenvalue weighted by Gasteiger charge is -2.14. The Kier molecular flexibility index (Phi) is 3.66. The SMILES string of the molecule is COC1CCC(Nc2cc(C(N)=O)c(N)cn2)C1. The van der Waals surface area contributed by atoms with Crippen molar-refractivity contribution in [1.29, 1.82) is 0 Å². The zero-order chi connectivity index (χ0) is 13.1. The molecule has 1 aromatic heterocycles. The zero-order valence-electron chi connectivity index (χ0n) is 10.3. The number of carbonyl (C=O) groups excluding carboxylic acids is 1. The second kappa shape index (κ2) is 5.22. The number of pyridine rings is 1. The molecule has 1 aliphatic rings. The number of amides is 1. The fraction of sp³-hybridized carbons (Fsp3) is 0.500. The molecule has 1 fully saturated rings. The number of carbonyl (C=O) groups is 1. The van der Waals surface area contributed by atoms with Crippen LogP contribution in [0, 0.1) is 0 Å². The summed E-state index contributed by atoms with van der Waals surface area (Å²) in [6.45, 7) is 0. The maximum absolute atomic E-state index is 11.2. The van der Waals surface area contributed by atoms with Gasteiger partial charge in [-0.2, -0.15) is 0 Å². The number of aromatic nitrogens is 1. The monoisotopic (exact) mass is 250 g/mol. The van der Waals surface area contributed by atoms with Gasteiger partial charge < -0.3 is 21.5 Å². The first kappa shape index (κ1) is 12.6. The Hall–Kier alpha value is -1.82. The van der Waals surface area contributed by atoms with Gasteiger partial charge in [0.25, 0.3) is 5.91 Å². The smallest absolute Gasteiger partial charge is 0.250 e. The molecule has 2 atom stereocenters. The maximum atomic E-state index is 11.2. The third kappa shape index (κ3) is 2.70. The van der Waals surface area contributed by atoms with Crippen molar-refractivity contribution in [2.75, 3.05) is 18.2 Å². The first-order valence-corrected chi connectivity index (χ1v) is 5.94. The Morgan fingerprint density at radius 3 is 2.94 bits per heavy atom. The van der Waals surface area contributed by atoms with Gasteiger partial charge in [-0.3, -0.25) is 4.79 Å². The minimum Gasteiger partial charge on any atom is -0.397 e. The average Bonchev–Trinajstić information content (AvgIpc) is 2.79. The predicted octanol–water partition coefficient (Wildman–Crippen LogP) is 0.742. The van der Waals surface area contributed by atoms with Gasteiger partial charge in [-0.15, -0.1) is 0 Å². The fourth-order valence-corrected chi connectivity index (χ4v) is 2.25. The van der Waals surface area contributed by atoms with Gasteiger partial charge in [0.2, 0.25) is 0 Å². The predicted molar refractivity (Wildman–Crippen MR) is 69.2 cm³/mol. The standard InChI is InChI=1S/C12H18N4O2/c1-18-8-3-2-7(4-8)16-11-5-9(12(14)17)10(13)6-15-11/h5-8H,2-4,13H2,1H3,(H2,14,17)(H,15,16). The molecule has 1 heterocycles. The quantitative estimate of drug-likeness (QED) is 0.731. The third-order valence-corrected chi connectivity index (χ3v) is 3.27. The van der Waals surface area contributed by atoms with E-state index in [-0.39, 0.29) is 0 Å². The summed E-state index contributed by atoms with van der Waals surface area (Å²) >= 11 is 0. The van der Waals surface area contributed by atoms with E-state index in [1.54, 1.807) is 13.2 Å². The van der Waals surface area contributed by atoms with E-state index in [0.717, 1.165) is 19.3 Å². The van der Waals surface area contributed by atoms with Crippen molar-refractivity contribution in [3.8, 4) is 0 Å². The summed E-state index contributed by atoms with van der Waals surface area (Å²) in [5.41, 5.74) is 11.5. The Balaban J connectivity index is 2.06. The molecule has 6 heteroatoms. The van der Waals surface area contributed by atoms with E-state index in [0.29, 0.717) is 29.2 Å². The van der Waals surface area contributed by atoms with Crippen LogP contribution in [-0.4, -0.2) is 30.1 Å². The number of nitrogen functional groups attached to an aromatic ring is 1. The van der Waals surface area contributed by atoms with Crippen LogP contribution in [0.25, 0.3) is 0 Å². The molecule has 6 nitrogen and oxygen atoms in total. The summed E-state index contributed by atoms with van der Waals surface area (Å²) in [7, 11) is 1.72. The van der Waals surface area contributed by atoms with Crippen LogP contribution in [0.5, 0.6) is 0 Å². The average molecular weight is 250 g/mol. The van der Waals surface area contributed by atoms with Gasteiger partial charge in [-0.25, -0.2) is 4.98 Å². The summed E-state index contributed by atoms with van der Waals surface area (Å²) < 4.78 is 5.31. The minimum atomic E-state index is -0.542. The Labute approximate surface area is 106 Å². The van der Waals surface area contributed by atoms with Crippen LogP contribution >= 0.6 is 0 Å². The molecule has 98 valence electrons. The number of rotatable bonds is 4. The molecular formula is C12H18N4O2. The number of methoxy groups -OCH3 is 1. The molecule has 0 spiro atoms. The largest absolute Gasteiger partial charge is 0.397 e. The molecule has 0 bridgehead atoms. The van der Waals surface area contributed by atoms with Gasteiger partial charge >= 0.3 is 0 Å². The highest BCUT2D eigenvalue weighted by Gasteiger charge is 2.24. The highest BCUT2D eigenvalue weighted by atomic mass is 16.5. The number of primary amides is 1. The van der Waals surface area contributed by atoms with E-state index in [1.165, 1.54) is 6.20 Å². The first-order chi connectivity index (χ1) is 8.60. The van der Waals surface area contributed by atoms with Crippen LogP contribution in [0.4, 0.5) is 11.5 Å². The molecule has 0 aromatic carbocycles. The van der Waals surface area contributed by atoms with E-state index in [4.69, 9.17) is 16.2 Å². The molecule has 1 saturated carbocycles. The third-order valence-electron chi connectivity index (χ3n) is 3.27. The van der Waals surface area contributed by atoms with Crippen LogP contribution in [-0.2, 0) is 4.74 Å². The van der Waals surface area contributed by atoms with Gasteiger partial charge in [0.05, 0.1) is 23.6 Å². The second-order valence-electron chi connectivity index (χ2n) is 4.53. The van der Waals surface area contributed by atoms with E-state index >= 15 is 0 Å². The molecule has 5 N–H and O–H groups in total. The molecule has 1 aliphatic carbocycles. The lowest BCUT2D eigenvalue weighted by atomic mass is 10.2. The summed E-state index contributed by atoms with van der Waals surface area (Å²) in [6.07, 6.45) is 4.74. The summed E-state index contributed by atoms with van der Waals surface area (Å²) in [4.78, 5) is 15.3. The molecular weight excluding hydrogens is 232 g/mol. The van der Waals surface area contributed by atoms with E-state index < -0.39 is 5.91 Å². The number of anilines is 2. The molecule has 0 radical (unpaired) electrons. The molecule has 0 aliphatic heterocycles. The van der Waals surface area contributed by atoms with Crippen LogP contribution in [0.3, 0.4) is 0 Å². The number of nitrogens with two attached hydrogens (primary N) is 2. The van der Waals surface area contributed by atoms with Crippen molar-refractivity contribution in [2.45, 2.75) is 31.4 Å². The van der Waals surface area contributed by atoms with Crippen molar-refractivity contribution >= 4 is 17.4 Å². The molecule has 18 heavy (non-hydrogen) atoms. The minimum absolute atomic E-state index is 0.298. The summed E-state index contributed by atoms with van der Waals surface area (Å²) in [5.74, 6) is 0.0823. The second-order valence-corrected chi connectivity index (χ2v) is 4.53. The number of hydrogen-bond acceptors (Lipinski definition) is 5. The number of nitrogens with one attached hydrogen (secondary N) is 1. The molecule has 2 unspecified atom stereocenters. The van der Waals surface area contributed by atoms with Gasteiger partial charge in [0.15, 0.2) is 0 Å². The first-order valence-electron chi connectivity index (χ1n) is 5.94. The normalized spacial score (nSPS) is 22.9. The van der Waals surface area contributed by atoms with Crippen LogP contribution in [0.2, 0.25) is 0 Å². The van der Waals surface area contributed by atoms with Crippen molar-refractivity contribution in [3.05, 3.63) is 17.8 Å². The zero-order valence-corrected chi connectivity index (χ0v) is 10.3. The number of nitrogens with zero attached hydrogens (tertiary/aromatic N) is 1. The van der Waals surface area contributed by atoms with E-state index in [2.05, 4.69) is 10.3 Å². The van der Waals surface area contributed by atoms with Gasteiger partial charge in [-0.1, -0.05) is 0 Å². The lowest BCUT2D eigenvalue weighted by Crippen LogP contribution is -2.19. The highest BCUT2D eigenvalue weighted by Crippen LogP contribution is 2.25. The van der Waals surface area contributed by atoms with Gasteiger partial charge in [0, 0.05) is 13.2 Å². The molecule has 1 aromatic rings. The van der Waals surface area contributed by atoms with Crippen LogP contribution < -0.4 is 16.8 Å². The molecule has 0 saturated heterocycles. The number of ether oxygens (including phenoxy) is 1. The van der Waals surface area contributed by atoms with Crippen molar-refractivity contribution in [2.24, 2.45) is 5.73 Å². The fourth-order valence-electron chi connectivity index (χ4n) is 2.25. The van der Waals surface area contributed by atoms with E-state index in [9.17, 15) is 4.79 Å². The van der Waals surface area contributed by atoms with Crippen LogP contribution in [0.1, 0.15) is 29.6 Å². The topological polar surface area (TPSA) is 103 Å². The Morgan fingerprint density at radius 2 is 2.33 bits per heavy atom. The van der Waals surface area contributed by atoms with Crippen molar-refractivity contribution < 1.29 is 9.53 Å². The van der Waals surface area contributed by atoms with Crippen LogP contribution in [0.15, 0.2) is 12.3 Å². The van der Waals surface area contributed by atoms with Gasteiger partial charge in [0.1, 0.15) is 5.82 Å².